The summed E-state index contributed by atoms with van der Waals surface area (Å²) in [6.07, 6.45) is 0. The number of anilines is 2. The number of para-hydroxylation sites is 1. The molecule has 9 rings (SSSR count). The lowest BCUT2D eigenvalue weighted by molar-refractivity contribution is 0.652. The predicted octanol–water partition coefficient (Wildman–Crippen LogP) is 11.5. The minimum absolute atomic E-state index is 0.0755. The van der Waals surface area contributed by atoms with Gasteiger partial charge in [-0.15, -0.1) is 0 Å². The van der Waals surface area contributed by atoms with Gasteiger partial charge in [0.25, 0.3) is 0 Å². The molecule has 2 aliphatic rings. The highest BCUT2D eigenvalue weighted by Gasteiger charge is 2.42. The maximum Gasteiger partial charge on any atom is 0.0387 e. The highest BCUT2D eigenvalue weighted by atomic mass is 14.9. The number of rotatable bonds is 2. The molecule has 206 valence electrons. The zero-order valence-corrected chi connectivity index (χ0v) is 25.0. The van der Waals surface area contributed by atoms with Crippen LogP contribution < -0.4 is 5.32 Å². The van der Waals surface area contributed by atoms with Crippen LogP contribution in [0.5, 0.6) is 0 Å². The minimum atomic E-state index is -0.100. The second kappa shape index (κ2) is 8.36. The van der Waals surface area contributed by atoms with E-state index in [1.165, 1.54) is 76.8 Å². The lowest BCUT2D eigenvalue weighted by Crippen LogP contribution is -2.17. The molecular weight excluding hydrogens is 518 g/mol. The van der Waals surface area contributed by atoms with Crippen LogP contribution in [0, 0.1) is 0 Å². The van der Waals surface area contributed by atoms with Gasteiger partial charge in [0, 0.05) is 22.2 Å². The second-order valence-electron chi connectivity index (χ2n) is 13.5. The third-order valence-corrected chi connectivity index (χ3v) is 10.4. The first kappa shape index (κ1) is 24.7. The molecule has 0 saturated carbocycles. The van der Waals surface area contributed by atoms with Gasteiger partial charge in [-0.25, -0.2) is 0 Å². The highest BCUT2D eigenvalue weighted by molar-refractivity contribution is 6.17. The van der Waals surface area contributed by atoms with Crippen LogP contribution in [0.3, 0.4) is 0 Å². The van der Waals surface area contributed by atoms with E-state index in [-0.39, 0.29) is 10.8 Å². The van der Waals surface area contributed by atoms with Crippen molar-refractivity contribution in [3.63, 3.8) is 0 Å². The summed E-state index contributed by atoms with van der Waals surface area (Å²) < 4.78 is 0. The normalized spacial score (nSPS) is 15.3. The molecule has 0 saturated heterocycles. The molecule has 2 aliphatic carbocycles. The molecule has 0 aliphatic heterocycles. The minimum Gasteiger partial charge on any atom is -0.356 e. The van der Waals surface area contributed by atoms with Crippen molar-refractivity contribution < 1.29 is 0 Å². The predicted molar refractivity (Wildman–Crippen MR) is 184 cm³/mol. The molecule has 0 heterocycles. The van der Waals surface area contributed by atoms with Crippen LogP contribution in [0.4, 0.5) is 11.4 Å². The fraction of sp³-hybridized carbons (Fsp3) is 0.143. The summed E-state index contributed by atoms with van der Waals surface area (Å²) >= 11 is 0. The van der Waals surface area contributed by atoms with E-state index in [0.717, 1.165) is 11.4 Å². The van der Waals surface area contributed by atoms with Crippen molar-refractivity contribution in [3.05, 3.63) is 144 Å². The van der Waals surface area contributed by atoms with E-state index in [4.69, 9.17) is 0 Å². The summed E-state index contributed by atoms with van der Waals surface area (Å²) in [4.78, 5) is 0. The van der Waals surface area contributed by atoms with Gasteiger partial charge in [0.1, 0.15) is 0 Å². The Morgan fingerprint density at radius 3 is 1.86 bits per heavy atom. The first-order valence-electron chi connectivity index (χ1n) is 15.4. The van der Waals surface area contributed by atoms with Gasteiger partial charge in [0.2, 0.25) is 0 Å². The van der Waals surface area contributed by atoms with Crippen LogP contribution in [0.25, 0.3) is 54.6 Å². The van der Waals surface area contributed by atoms with E-state index in [1.54, 1.807) is 0 Å². The summed E-state index contributed by atoms with van der Waals surface area (Å²) in [5.74, 6) is 0. The van der Waals surface area contributed by atoms with Gasteiger partial charge >= 0.3 is 0 Å². The zero-order chi connectivity index (χ0) is 29.1. The third kappa shape index (κ3) is 3.34. The zero-order valence-electron chi connectivity index (χ0n) is 25.0. The van der Waals surface area contributed by atoms with Gasteiger partial charge in [0.15, 0.2) is 0 Å². The van der Waals surface area contributed by atoms with Crippen molar-refractivity contribution in [3.8, 4) is 22.3 Å². The van der Waals surface area contributed by atoms with Gasteiger partial charge in [0.05, 0.1) is 0 Å². The molecule has 0 radical (unpaired) electrons. The maximum absolute atomic E-state index is 3.62. The Bertz CT molecular complexity index is 2300. The van der Waals surface area contributed by atoms with E-state index in [2.05, 4.69) is 154 Å². The van der Waals surface area contributed by atoms with Gasteiger partial charge in [-0.1, -0.05) is 100 Å². The smallest absolute Gasteiger partial charge is 0.0387 e. The van der Waals surface area contributed by atoms with E-state index >= 15 is 0 Å². The molecule has 0 atom stereocenters. The fourth-order valence-electron chi connectivity index (χ4n) is 8.06. The molecule has 0 aromatic heterocycles. The molecular formula is C42H33N. The van der Waals surface area contributed by atoms with Crippen molar-refractivity contribution in [1.29, 1.82) is 0 Å². The average Bonchev–Trinajstić information content (AvgIpc) is 3.38. The standard InChI is InChI=1S/C42H33N/c1-41(2)36-19-18-30-32(16-14-27-20-25-10-8-9-11-26(25)21-33(27)30)40(36)35-24-38-34(23-39(35)41)31-17-15-29(22-37(31)42(38,3)4)43-28-12-6-5-7-13-28/h5-24,43H,1-4H3. The number of nitrogens with one attached hydrogen (secondary N) is 1. The summed E-state index contributed by atoms with van der Waals surface area (Å²) in [5, 5.41) is 11.5. The van der Waals surface area contributed by atoms with E-state index in [9.17, 15) is 0 Å². The molecule has 0 bridgehead atoms. The molecule has 1 nitrogen and oxygen atoms in total. The van der Waals surface area contributed by atoms with Crippen molar-refractivity contribution in [1.82, 2.24) is 0 Å². The molecule has 1 heteroatoms. The number of hydrogen-bond donors (Lipinski definition) is 1. The van der Waals surface area contributed by atoms with Crippen molar-refractivity contribution in [2.24, 2.45) is 0 Å². The highest BCUT2D eigenvalue weighted by Crippen LogP contribution is 2.57. The van der Waals surface area contributed by atoms with Crippen LogP contribution in [0.2, 0.25) is 0 Å². The largest absolute Gasteiger partial charge is 0.356 e. The Labute approximate surface area is 252 Å². The molecule has 7 aromatic rings. The maximum atomic E-state index is 3.62. The molecule has 0 fully saturated rings. The first-order chi connectivity index (χ1) is 20.8. The number of benzene rings is 7. The second-order valence-corrected chi connectivity index (χ2v) is 13.5. The summed E-state index contributed by atoms with van der Waals surface area (Å²) in [7, 11) is 0. The Hall–Kier alpha value is -4.88. The number of hydrogen-bond acceptors (Lipinski definition) is 1. The Balaban J connectivity index is 1.24. The van der Waals surface area contributed by atoms with E-state index < -0.39 is 0 Å². The van der Waals surface area contributed by atoms with Crippen molar-refractivity contribution in [2.45, 2.75) is 38.5 Å². The summed E-state index contributed by atoms with van der Waals surface area (Å²) in [6, 6.07) is 45.3. The Kier molecular flexibility index (Phi) is 4.80. The van der Waals surface area contributed by atoms with Gasteiger partial charge in [-0.2, -0.15) is 0 Å². The van der Waals surface area contributed by atoms with Crippen LogP contribution in [-0.4, -0.2) is 0 Å². The van der Waals surface area contributed by atoms with Crippen LogP contribution in [0.1, 0.15) is 49.9 Å². The van der Waals surface area contributed by atoms with Crippen molar-refractivity contribution in [2.75, 3.05) is 5.32 Å². The number of fused-ring (bicyclic) bond motifs is 11. The Morgan fingerprint density at radius 2 is 1.05 bits per heavy atom. The Morgan fingerprint density at radius 1 is 0.395 bits per heavy atom. The van der Waals surface area contributed by atoms with Crippen LogP contribution in [0.15, 0.2) is 121 Å². The molecule has 0 spiro atoms. The van der Waals surface area contributed by atoms with Crippen LogP contribution in [-0.2, 0) is 10.8 Å². The molecule has 7 aromatic carbocycles. The van der Waals surface area contributed by atoms with Gasteiger partial charge < -0.3 is 5.32 Å². The lowest BCUT2D eigenvalue weighted by atomic mass is 9.79. The SMILES string of the molecule is CC1(C)c2cc(Nc3ccccc3)ccc2-c2cc3c(cc21)-c1c(ccc2c1ccc1cc4ccccc4cc12)C3(C)C. The van der Waals surface area contributed by atoms with Gasteiger partial charge in [-0.05, 0) is 125 Å². The first-order valence-corrected chi connectivity index (χ1v) is 15.4. The summed E-state index contributed by atoms with van der Waals surface area (Å²) in [5.41, 5.74) is 13.3. The molecule has 1 N–H and O–H groups in total. The monoisotopic (exact) mass is 551 g/mol. The average molecular weight is 552 g/mol. The molecule has 0 unspecified atom stereocenters. The fourth-order valence-corrected chi connectivity index (χ4v) is 8.06. The quantitative estimate of drug-likeness (QED) is 0.166. The van der Waals surface area contributed by atoms with E-state index in [0.29, 0.717) is 0 Å². The van der Waals surface area contributed by atoms with Gasteiger partial charge in [-0.3, -0.25) is 0 Å². The topological polar surface area (TPSA) is 12.0 Å². The summed E-state index contributed by atoms with van der Waals surface area (Å²) in [6.45, 7) is 9.58. The van der Waals surface area contributed by atoms with Crippen LogP contribution >= 0.6 is 0 Å². The molecule has 43 heavy (non-hydrogen) atoms. The lowest BCUT2D eigenvalue weighted by Gasteiger charge is -2.24. The van der Waals surface area contributed by atoms with Crippen molar-refractivity contribution >= 4 is 43.7 Å². The third-order valence-electron chi connectivity index (χ3n) is 10.4. The molecule has 0 amide bonds. The van der Waals surface area contributed by atoms with E-state index in [1.807, 2.05) is 0 Å².